The zero-order chi connectivity index (χ0) is 9.80. The first kappa shape index (κ1) is 9.53. The van der Waals surface area contributed by atoms with Crippen molar-refractivity contribution in [1.29, 1.82) is 0 Å². The second-order valence-electron chi connectivity index (χ2n) is 3.68. The summed E-state index contributed by atoms with van der Waals surface area (Å²) in [6, 6.07) is 6.60. The van der Waals surface area contributed by atoms with Crippen molar-refractivity contribution < 1.29 is 4.74 Å². The summed E-state index contributed by atoms with van der Waals surface area (Å²) in [6.45, 7) is 4.80. The Morgan fingerprint density at radius 1 is 1.43 bits per heavy atom. The molecule has 2 rings (SSSR count). The molecule has 14 heavy (non-hydrogen) atoms. The Hall–Kier alpha value is -1.02. The van der Waals surface area contributed by atoms with Crippen molar-refractivity contribution in [1.82, 2.24) is 0 Å². The molecule has 1 aromatic carbocycles. The summed E-state index contributed by atoms with van der Waals surface area (Å²) in [4.78, 5) is 0. The zero-order valence-electron chi connectivity index (χ0n) is 8.68. The molecule has 1 heterocycles. The number of ether oxygens (including phenoxy) is 1. The molecule has 0 bridgehead atoms. The molecule has 1 N–H and O–H groups in total. The first-order chi connectivity index (χ1) is 6.90. The highest BCUT2D eigenvalue weighted by Crippen LogP contribution is 2.20. The van der Waals surface area contributed by atoms with Crippen molar-refractivity contribution in [2.45, 2.75) is 26.4 Å². The minimum absolute atomic E-state index is 0.742. The largest absolute Gasteiger partial charge is 0.385 e. The van der Waals surface area contributed by atoms with Gasteiger partial charge in [-0.05, 0) is 24.5 Å². The Morgan fingerprint density at radius 2 is 2.36 bits per heavy atom. The molecule has 2 nitrogen and oxygen atoms in total. The Balaban J connectivity index is 2.26. The van der Waals surface area contributed by atoms with E-state index in [0.717, 1.165) is 32.6 Å². The van der Waals surface area contributed by atoms with Crippen molar-refractivity contribution in [3.63, 3.8) is 0 Å². The van der Waals surface area contributed by atoms with Crippen LogP contribution >= 0.6 is 0 Å². The average Bonchev–Trinajstić information content (AvgIpc) is 2.18. The van der Waals surface area contributed by atoms with Crippen molar-refractivity contribution in [3.05, 3.63) is 29.3 Å². The van der Waals surface area contributed by atoms with Crippen LogP contribution in [0.1, 0.15) is 24.5 Å². The van der Waals surface area contributed by atoms with Gasteiger partial charge >= 0.3 is 0 Å². The summed E-state index contributed by atoms with van der Waals surface area (Å²) in [5.74, 6) is 0. The van der Waals surface area contributed by atoms with Crippen LogP contribution in [-0.4, -0.2) is 13.2 Å². The molecule has 0 spiro atoms. The molecule has 2 heteroatoms. The van der Waals surface area contributed by atoms with Gasteiger partial charge in [0, 0.05) is 24.4 Å². The zero-order valence-corrected chi connectivity index (χ0v) is 8.68. The third-order valence-corrected chi connectivity index (χ3v) is 2.62. The van der Waals surface area contributed by atoms with Crippen LogP contribution in [0, 0.1) is 0 Å². The van der Waals surface area contributed by atoms with Crippen molar-refractivity contribution in [2.75, 3.05) is 18.5 Å². The summed E-state index contributed by atoms with van der Waals surface area (Å²) >= 11 is 0. The van der Waals surface area contributed by atoms with E-state index < -0.39 is 0 Å². The average molecular weight is 191 g/mol. The summed E-state index contributed by atoms with van der Waals surface area (Å²) in [5, 5.41) is 3.46. The number of rotatable bonds is 1. The smallest absolute Gasteiger partial charge is 0.0736 e. The van der Waals surface area contributed by atoms with Crippen molar-refractivity contribution in [3.8, 4) is 0 Å². The Labute approximate surface area is 85.3 Å². The van der Waals surface area contributed by atoms with Crippen molar-refractivity contribution >= 4 is 5.69 Å². The maximum Gasteiger partial charge on any atom is 0.0736 e. The highest BCUT2D eigenvalue weighted by atomic mass is 16.5. The standard InChI is InChI=1S/C12H17NO/c1-2-10-4-5-11-9-14-7-3-6-13-12(11)8-10/h4-5,8,13H,2-3,6-7,9H2,1H3. The number of benzene rings is 1. The Morgan fingerprint density at radius 3 is 3.21 bits per heavy atom. The van der Waals surface area contributed by atoms with E-state index in [-0.39, 0.29) is 0 Å². The van der Waals surface area contributed by atoms with E-state index in [1.807, 2.05) is 0 Å². The van der Waals surface area contributed by atoms with Crippen molar-refractivity contribution in [2.24, 2.45) is 0 Å². The van der Waals surface area contributed by atoms with Crippen LogP contribution in [0.5, 0.6) is 0 Å². The molecule has 0 aromatic heterocycles. The lowest BCUT2D eigenvalue weighted by atomic mass is 10.1. The van der Waals surface area contributed by atoms with Gasteiger partial charge in [0.25, 0.3) is 0 Å². The van der Waals surface area contributed by atoms with Gasteiger partial charge in [0.1, 0.15) is 0 Å². The molecule has 0 saturated carbocycles. The fourth-order valence-electron chi connectivity index (χ4n) is 1.71. The molecule has 0 radical (unpaired) electrons. The summed E-state index contributed by atoms with van der Waals surface area (Å²) in [7, 11) is 0. The third-order valence-electron chi connectivity index (χ3n) is 2.62. The van der Waals surface area contributed by atoms with E-state index in [1.54, 1.807) is 0 Å². The summed E-state index contributed by atoms with van der Waals surface area (Å²) in [5.41, 5.74) is 3.92. The molecule has 0 aliphatic carbocycles. The van der Waals surface area contributed by atoms with E-state index in [1.165, 1.54) is 16.8 Å². The highest BCUT2D eigenvalue weighted by Gasteiger charge is 2.06. The van der Waals surface area contributed by atoms with Crippen LogP contribution in [0.3, 0.4) is 0 Å². The molecular weight excluding hydrogens is 174 g/mol. The van der Waals surface area contributed by atoms with Gasteiger partial charge in [0.2, 0.25) is 0 Å². The predicted molar refractivity (Wildman–Crippen MR) is 58.6 cm³/mol. The molecule has 76 valence electrons. The van der Waals surface area contributed by atoms with E-state index in [9.17, 15) is 0 Å². The minimum atomic E-state index is 0.742. The number of hydrogen-bond donors (Lipinski definition) is 1. The lowest BCUT2D eigenvalue weighted by Crippen LogP contribution is -2.12. The maximum absolute atomic E-state index is 5.53. The molecule has 0 amide bonds. The normalized spacial score (nSPS) is 16.4. The van der Waals surface area contributed by atoms with Gasteiger partial charge in [-0.1, -0.05) is 19.1 Å². The quantitative estimate of drug-likeness (QED) is 0.736. The van der Waals surface area contributed by atoms with Gasteiger partial charge in [-0.15, -0.1) is 0 Å². The fraction of sp³-hybridized carbons (Fsp3) is 0.500. The molecule has 1 aliphatic heterocycles. The second-order valence-corrected chi connectivity index (χ2v) is 3.68. The SMILES string of the molecule is CCc1ccc2c(c1)NCCCOC2. The van der Waals surface area contributed by atoms with Crippen LogP contribution in [0.25, 0.3) is 0 Å². The van der Waals surface area contributed by atoms with Crippen LogP contribution < -0.4 is 5.32 Å². The van der Waals surface area contributed by atoms with Crippen LogP contribution in [0.15, 0.2) is 18.2 Å². The summed E-state index contributed by atoms with van der Waals surface area (Å²) < 4.78 is 5.53. The number of nitrogens with one attached hydrogen (secondary N) is 1. The molecular formula is C12H17NO. The molecule has 1 aromatic rings. The van der Waals surface area contributed by atoms with E-state index in [2.05, 4.69) is 30.4 Å². The van der Waals surface area contributed by atoms with Crippen LogP contribution in [0.2, 0.25) is 0 Å². The number of hydrogen-bond acceptors (Lipinski definition) is 2. The Bertz CT molecular complexity index is 309. The predicted octanol–water partition coefficient (Wildman–Crippen LogP) is 2.58. The van der Waals surface area contributed by atoms with E-state index >= 15 is 0 Å². The molecule has 1 aliphatic rings. The fourth-order valence-corrected chi connectivity index (χ4v) is 1.71. The first-order valence-corrected chi connectivity index (χ1v) is 5.33. The topological polar surface area (TPSA) is 21.3 Å². The van der Waals surface area contributed by atoms with E-state index in [4.69, 9.17) is 4.74 Å². The van der Waals surface area contributed by atoms with Gasteiger partial charge in [0.05, 0.1) is 6.61 Å². The monoisotopic (exact) mass is 191 g/mol. The highest BCUT2D eigenvalue weighted by molar-refractivity contribution is 5.53. The van der Waals surface area contributed by atoms with Gasteiger partial charge in [-0.2, -0.15) is 0 Å². The molecule has 0 saturated heterocycles. The maximum atomic E-state index is 5.53. The second kappa shape index (κ2) is 4.47. The minimum Gasteiger partial charge on any atom is -0.385 e. The first-order valence-electron chi connectivity index (χ1n) is 5.33. The van der Waals surface area contributed by atoms with Gasteiger partial charge in [-0.25, -0.2) is 0 Å². The van der Waals surface area contributed by atoms with Crippen LogP contribution in [0.4, 0.5) is 5.69 Å². The van der Waals surface area contributed by atoms with Gasteiger partial charge in [0.15, 0.2) is 0 Å². The molecule has 0 fully saturated rings. The molecule has 0 atom stereocenters. The number of fused-ring (bicyclic) bond motifs is 1. The Kier molecular flexibility index (Phi) is 3.04. The van der Waals surface area contributed by atoms with Crippen LogP contribution in [-0.2, 0) is 17.8 Å². The number of aryl methyl sites for hydroxylation is 1. The molecule has 0 unspecified atom stereocenters. The van der Waals surface area contributed by atoms with E-state index in [0.29, 0.717) is 0 Å². The third kappa shape index (κ3) is 2.07. The van der Waals surface area contributed by atoms with Gasteiger partial charge < -0.3 is 10.1 Å². The lowest BCUT2D eigenvalue weighted by Gasteiger charge is -2.17. The number of anilines is 1. The van der Waals surface area contributed by atoms with Gasteiger partial charge in [-0.3, -0.25) is 0 Å². The lowest BCUT2D eigenvalue weighted by molar-refractivity contribution is 0.119. The summed E-state index contributed by atoms with van der Waals surface area (Å²) in [6.07, 6.45) is 2.19.